The van der Waals surface area contributed by atoms with E-state index in [1.165, 1.54) is 38.3 Å². The smallest absolute Gasteiger partial charge is 0.191 e. The molecule has 0 spiro atoms. The van der Waals surface area contributed by atoms with Crippen molar-refractivity contribution in [1.82, 2.24) is 20.4 Å². The summed E-state index contributed by atoms with van der Waals surface area (Å²) in [5.41, 5.74) is 1.18. The van der Waals surface area contributed by atoms with Crippen molar-refractivity contribution in [2.24, 2.45) is 10.9 Å². The molecule has 2 N–H and O–H groups in total. The minimum absolute atomic E-state index is 0. The average Bonchev–Trinajstić information content (AvgIpc) is 2.71. The van der Waals surface area contributed by atoms with Crippen molar-refractivity contribution >= 4 is 29.9 Å². The number of methoxy groups -OCH3 is 1. The van der Waals surface area contributed by atoms with Gasteiger partial charge in [0.05, 0.1) is 13.7 Å². The molecule has 1 aromatic carbocycles. The molecule has 1 aromatic rings. The number of likely N-dealkylation sites (N-methyl/N-ethyl adjacent to an activating group) is 1. The zero-order valence-electron chi connectivity index (χ0n) is 17.9. The van der Waals surface area contributed by atoms with Gasteiger partial charge in [0.15, 0.2) is 5.96 Å². The number of rotatable bonds is 9. The molecule has 1 atom stereocenters. The van der Waals surface area contributed by atoms with Gasteiger partial charge in [0.2, 0.25) is 0 Å². The fraction of sp³-hybridized carbons (Fsp3) is 0.667. The molecule has 1 aliphatic rings. The second-order valence-electron chi connectivity index (χ2n) is 7.26. The number of nitrogens with one attached hydrogen (secondary N) is 2. The van der Waals surface area contributed by atoms with E-state index in [-0.39, 0.29) is 24.0 Å². The molecule has 1 heterocycles. The van der Waals surface area contributed by atoms with Crippen LogP contribution in [0.4, 0.5) is 0 Å². The molecule has 2 rings (SSSR count). The zero-order valence-corrected chi connectivity index (χ0v) is 20.2. The van der Waals surface area contributed by atoms with Crippen molar-refractivity contribution in [2.45, 2.75) is 27.3 Å². The first-order valence-electron chi connectivity index (χ1n) is 10.2. The maximum Gasteiger partial charge on any atom is 0.191 e. The Labute approximate surface area is 188 Å². The first-order valence-corrected chi connectivity index (χ1v) is 10.2. The average molecular weight is 503 g/mol. The molecule has 28 heavy (non-hydrogen) atoms. The molecule has 0 bridgehead atoms. The van der Waals surface area contributed by atoms with Crippen molar-refractivity contribution < 1.29 is 4.74 Å². The molecule has 6 nitrogen and oxygen atoms in total. The van der Waals surface area contributed by atoms with Crippen LogP contribution in [0, 0.1) is 5.92 Å². The number of hydrogen-bond donors (Lipinski definition) is 2. The number of benzene rings is 1. The van der Waals surface area contributed by atoms with Crippen LogP contribution in [-0.4, -0.2) is 75.2 Å². The van der Waals surface area contributed by atoms with Crippen LogP contribution in [0.15, 0.2) is 29.3 Å². The summed E-state index contributed by atoms with van der Waals surface area (Å²) >= 11 is 0. The highest BCUT2D eigenvalue weighted by Crippen LogP contribution is 2.12. The number of ether oxygens (including phenoxy) is 1. The Morgan fingerprint density at radius 2 is 1.71 bits per heavy atom. The van der Waals surface area contributed by atoms with Gasteiger partial charge in [0, 0.05) is 45.8 Å². The molecule has 0 radical (unpaired) electrons. The molecule has 0 aromatic heterocycles. The first-order chi connectivity index (χ1) is 13.1. The summed E-state index contributed by atoms with van der Waals surface area (Å²) in [6, 6.07) is 8.08. The number of hydrogen-bond acceptors (Lipinski definition) is 4. The second-order valence-corrected chi connectivity index (χ2v) is 7.26. The summed E-state index contributed by atoms with van der Waals surface area (Å²) in [5.74, 6) is 2.35. The lowest BCUT2D eigenvalue weighted by Gasteiger charge is -2.35. The zero-order chi connectivity index (χ0) is 19.5. The summed E-state index contributed by atoms with van der Waals surface area (Å²) < 4.78 is 5.21. The van der Waals surface area contributed by atoms with Gasteiger partial charge in [0.25, 0.3) is 0 Å². The lowest BCUT2D eigenvalue weighted by Crippen LogP contribution is -2.48. The molecule has 1 saturated heterocycles. The number of piperazine rings is 1. The third kappa shape index (κ3) is 8.96. The summed E-state index contributed by atoms with van der Waals surface area (Å²) in [4.78, 5) is 9.82. The molecule has 0 amide bonds. The molecule has 0 aliphatic carbocycles. The van der Waals surface area contributed by atoms with Gasteiger partial charge < -0.3 is 25.2 Å². The lowest BCUT2D eigenvalue weighted by molar-refractivity contribution is 0.124. The number of halogens is 1. The van der Waals surface area contributed by atoms with E-state index in [0.717, 1.165) is 31.3 Å². The van der Waals surface area contributed by atoms with Crippen molar-refractivity contribution in [3.05, 3.63) is 29.8 Å². The Hall–Kier alpha value is -1.06. The monoisotopic (exact) mass is 503 g/mol. The van der Waals surface area contributed by atoms with Crippen molar-refractivity contribution in [3.63, 3.8) is 0 Å². The van der Waals surface area contributed by atoms with Crippen LogP contribution >= 0.6 is 24.0 Å². The van der Waals surface area contributed by atoms with E-state index >= 15 is 0 Å². The lowest BCUT2D eigenvalue weighted by atomic mass is 10.1. The summed E-state index contributed by atoms with van der Waals surface area (Å²) in [5, 5.41) is 6.84. The molecular formula is C21H38IN5O. The van der Waals surface area contributed by atoms with Gasteiger partial charge in [-0.05, 0) is 37.1 Å². The Balaban J connectivity index is 0.00000392. The minimum Gasteiger partial charge on any atom is -0.497 e. The number of guanidine groups is 1. The second kappa shape index (κ2) is 14.0. The van der Waals surface area contributed by atoms with Gasteiger partial charge in [-0.2, -0.15) is 0 Å². The molecule has 0 saturated carbocycles. The van der Waals surface area contributed by atoms with Crippen LogP contribution in [0.1, 0.15) is 26.3 Å². The number of nitrogens with zero attached hydrogens (tertiary/aromatic N) is 3. The van der Waals surface area contributed by atoms with E-state index in [1.807, 2.05) is 12.1 Å². The van der Waals surface area contributed by atoms with Crippen LogP contribution in [0.5, 0.6) is 5.75 Å². The van der Waals surface area contributed by atoms with Crippen molar-refractivity contribution in [2.75, 3.05) is 59.5 Å². The van der Waals surface area contributed by atoms with Gasteiger partial charge in [0.1, 0.15) is 5.75 Å². The molecule has 7 heteroatoms. The van der Waals surface area contributed by atoms with Crippen LogP contribution < -0.4 is 15.4 Å². The summed E-state index contributed by atoms with van der Waals surface area (Å²) in [6.07, 6.45) is 0. The van der Waals surface area contributed by atoms with Crippen LogP contribution in [0.25, 0.3) is 0 Å². The normalized spacial score (nSPS) is 16.9. The third-order valence-corrected chi connectivity index (χ3v) is 5.02. The van der Waals surface area contributed by atoms with E-state index in [9.17, 15) is 0 Å². The van der Waals surface area contributed by atoms with E-state index in [0.29, 0.717) is 12.5 Å². The predicted molar refractivity (Wildman–Crippen MR) is 129 cm³/mol. The molecular weight excluding hydrogens is 465 g/mol. The molecule has 1 unspecified atom stereocenters. The predicted octanol–water partition coefficient (Wildman–Crippen LogP) is 2.64. The Bertz CT molecular complexity index is 558. The maximum atomic E-state index is 5.21. The van der Waals surface area contributed by atoms with Crippen LogP contribution in [0.2, 0.25) is 0 Å². The quantitative estimate of drug-likeness (QED) is 0.309. The molecule has 1 fully saturated rings. The Morgan fingerprint density at radius 3 is 2.29 bits per heavy atom. The van der Waals surface area contributed by atoms with Crippen molar-refractivity contribution in [1.29, 1.82) is 0 Å². The van der Waals surface area contributed by atoms with Crippen molar-refractivity contribution in [3.8, 4) is 5.75 Å². The SMILES string of the molecule is CCNC(=NCc1ccc(OC)cc1)NCC(C)CN1CCN(CC)CC1.I. The maximum absolute atomic E-state index is 5.21. The highest BCUT2D eigenvalue weighted by atomic mass is 127. The summed E-state index contributed by atoms with van der Waals surface area (Å²) in [7, 11) is 1.69. The van der Waals surface area contributed by atoms with E-state index in [4.69, 9.17) is 9.73 Å². The molecule has 160 valence electrons. The van der Waals surface area contributed by atoms with Crippen LogP contribution in [-0.2, 0) is 6.54 Å². The largest absolute Gasteiger partial charge is 0.497 e. The number of aliphatic imine (C=N–C) groups is 1. The standard InChI is InChI=1S/C21H37N5O.HI/c1-5-22-21(24-16-19-7-9-20(27-4)10-8-19)23-15-18(3)17-26-13-11-25(6-2)12-14-26;/h7-10,18H,5-6,11-17H2,1-4H3,(H2,22,23,24);1H. The minimum atomic E-state index is 0. The van der Waals surface area contributed by atoms with Gasteiger partial charge in [-0.15, -0.1) is 24.0 Å². The van der Waals surface area contributed by atoms with E-state index in [1.54, 1.807) is 7.11 Å². The highest BCUT2D eigenvalue weighted by Gasteiger charge is 2.17. The Kier molecular flexibility index (Phi) is 12.5. The van der Waals surface area contributed by atoms with E-state index in [2.05, 4.69) is 53.3 Å². The third-order valence-electron chi connectivity index (χ3n) is 5.02. The highest BCUT2D eigenvalue weighted by molar-refractivity contribution is 14.0. The first kappa shape index (κ1) is 25.0. The molecule has 1 aliphatic heterocycles. The fourth-order valence-electron chi connectivity index (χ4n) is 3.31. The van der Waals surface area contributed by atoms with Gasteiger partial charge in [-0.1, -0.05) is 26.0 Å². The Morgan fingerprint density at radius 1 is 1.07 bits per heavy atom. The van der Waals surface area contributed by atoms with Gasteiger partial charge >= 0.3 is 0 Å². The fourth-order valence-corrected chi connectivity index (χ4v) is 3.31. The van der Waals surface area contributed by atoms with E-state index < -0.39 is 0 Å². The van der Waals surface area contributed by atoms with Gasteiger partial charge in [-0.3, -0.25) is 0 Å². The topological polar surface area (TPSA) is 52.1 Å². The van der Waals surface area contributed by atoms with Crippen LogP contribution in [0.3, 0.4) is 0 Å². The van der Waals surface area contributed by atoms with Gasteiger partial charge in [-0.25, -0.2) is 4.99 Å². The summed E-state index contributed by atoms with van der Waals surface area (Å²) in [6.45, 7) is 16.2.